The maximum Gasteiger partial charge on any atom is 0.254 e. The first-order valence-electron chi connectivity index (χ1n) is 10.0. The Morgan fingerprint density at radius 1 is 1.29 bits per heavy atom. The summed E-state index contributed by atoms with van der Waals surface area (Å²) in [6.07, 6.45) is 2.51. The van der Waals surface area contributed by atoms with Crippen LogP contribution in [0.25, 0.3) is 0 Å². The third-order valence-corrected chi connectivity index (χ3v) is 7.90. The van der Waals surface area contributed by atoms with Gasteiger partial charge in [0, 0.05) is 41.9 Å². The molecule has 1 aliphatic rings. The Bertz CT molecular complexity index is 1360. The molecule has 9 nitrogen and oxygen atoms in total. The van der Waals surface area contributed by atoms with Crippen molar-refractivity contribution in [1.82, 2.24) is 15.1 Å². The van der Waals surface area contributed by atoms with Gasteiger partial charge in [0.25, 0.3) is 5.91 Å². The molecule has 0 saturated carbocycles. The highest BCUT2D eigenvalue weighted by atomic mass is 127. The molecule has 1 aromatic heterocycles. The van der Waals surface area contributed by atoms with Gasteiger partial charge in [0.2, 0.25) is 15.3 Å². The van der Waals surface area contributed by atoms with Gasteiger partial charge in [-0.25, -0.2) is 17.2 Å². The van der Waals surface area contributed by atoms with Gasteiger partial charge < -0.3 is 21.1 Å². The highest BCUT2D eigenvalue weighted by molar-refractivity contribution is 14.1. The summed E-state index contributed by atoms with van der Waals surface area (Å²) in [7, 11) is -2.51. The largest absolute Gasteiger partial charge is 0.473 e. The number of benzene rings is 2. The van der Waals surface area contributed by atoms with Crippen molar-refractivity contribution >= 4 is 49.7 Å². The number of hydrogen-bond donors (Lipinski definition) is 3. The van der Waals surface area contributed by atoms with E-state index in [2.05, 4.69) is 15.7 Å². The number of anilines is 2. The fourth-order valence-corrected chi connectivity index (χ4v) is 5.63. The van der Waals surface area contributed by atoms with Crippen molar-refractivity contribution in [3.63, 3.8) is 0 Å². The van der Waals surface area contributed by atoms with E-state index in [1.165, 1.54) is 29.2 Å². The number of ether oxygens (including phenoxy) is 1. The molecule has 2 aromatic carbocycles. The average Bonchev–Trinajstić information content (AvgIpc) is 3.15. The number of carbonyl (C=O) groups is 1. The minimum Gasteiger partial charge on any atom is -0.473 e. The Kier molecular flexibility index (Phi) is 6.78. The van der Waals surface area contributed by atoms with E-state index < -0.39 is 38.7 Å². The summed E-state index contributed by atoms with van der Waals surface area (Å²) in [6, 6.07) is 6.13. The third kappa shape index (κ3) is 4.86. The van der Waals surface area contributed by atoms with Gasteiger partial charge >= 0.3 is 0 Å². The van der Waals surface area contributed by atoms with Crippen molar-refractivity contribution < 1.29 is 26.7 Å². The van der Waals surface area contributed by atoms with Crippen molar-refractivity contribution in [2.45, 2.75) is 10.3 Å². The first-order valence-corrected chi connectivity index (χ1v) is 12.6. The number of aromatic nitrogens is 2. The normalized spacial score (nSPS) is 14.9. The molecule has 1 saturated heterocycles. The molecule has 180 valence electrons. The van der Waals surface area contributed by atoms with Crippen LogP contribution >= 0.6 is 22.6 Å². The minimum atomic E-state index is -4.08. The van der Waals surface area contributed by atoms with Crippen molar-refractivity contribution in [3.05, 3.63) is 63.5 Å². The summed E-state index contributed by atoms with van der Waals surface area (Å²) in [6.45, 7) is 0.675. The molecule has 1 fully saturated rings. The highest BCUT2D eigenvalue weighted by Gasteiger charge is 2.41. The van der Waals surface area contributed by atoms with Crippen LogP contribution in [-0.2, 0) is 16.9 Å². The number of halogens is 3. The standard InChI is InChI=1S/C21H20F2IN5O4S/c1-29-10-14(9-27-29)34(31,32)21(11-7-26-8-11)33-18-5-12(22)4-17(19(18)20(25)30)28-16-3-2-13(24)6-15(16)23/h2-6,9-11,21,26,28H,7-8H2,1H3,(H2,25,30). The van der Waals surface area contributed by atoms with Gasteiger partial charge in [-0.15, -0.1) is 0 Å². The number of sulfone groups is 1. The van der Waals surface area contributed by atoms with E-state index in [0.29, 0.717) is 16.7 Å². The average molecular weight is 603 g/mol. The molecule has 1 amide bonds. The second-order valence-electron chi connectivity index (χ2n) is 7.74. The van der Waals surface area contributed by atoms with Crippen molar-refractivity contribution in [1.29, 1.82) is 0 Å². The monoisotopic (exact) mass is 603 g/mol. The van der Waals surface area contributed by atoms with E-state index in [-0.39, 0.29) is 27.6 Å². The molecule has 1 aliphatic heterocycles. The van der Waals surface area contributed by atoms with E-state index in [1.807, 2.05) is 22.6 Å². The molecular weight excluding hydrogens is 583 g/mol. The smallest absolute Gasteiger partial charge is 0.254 e. The predicted molar refractivity (Wildman–Crippen MR) is 128 cm³/mol. The Morgan fingerprint density at radius 3 is 2.59 bits per heavy atom. The molecule has 13 heteroatoms. The molecule has 1 atom stereocenters. The molecule has 34 heavy (non-hydrogen) atoms. The summed E-state index contributed by atoms with van der Waals surface area (Å²) in [5.74, 6) is -3.32. The zero-order valence-corrected chi connectivity index (χ0v) is 20.7. The van der Waals surface area contributed by atoms with E-state index >= 15 is 0 Å². The zero-order chi connectivity index (χ0) is 24.6. The van der Waals surface area contributed by atoms with Crippen LogP contribution in [0.4, 0.5) is 20.2 Å². The van der Waals surface area contributed by atoms with Crippen LogP contribution in [0.15, 0.2) is 47.6 Å². The summed E-state index contributed by atoms with van der Waals surface area (Å²) in [5, 5.41) is 9.53. The lowest BCUT2D eigenvalue weighted by Crippen LogP contribution is -2.53. The van der Waals surface area contributed by atoms with Gasteiger partial charge in [-0.2, -0.15) is 5.10 Å². The van der Waals surface area contributed by atoms with Gasteiger partial charge in [0.1, 0.15) is 27.8 Å². The molecular formula is C21H20F2IN5O4S. The number of amides is 1. The summed E-state index contributed by atoms with van der Waals surface area (Å²) in [5.41, 5.74) is 3.61. The fourth-order valence-electron chi connectivity index (χ4n) is 3.48. The molecule has 0 bridgehead atoms. The van der Waals surface area contributed by atoms with Crippen molar-refractivity contribution in [2.75, 3.05) is 18.4 Å². The Balaban J connectivity index is 1.77. The number of hydrogen-bond acceptors (Lipinski definition) is 7. The summed E-state index contributed by atoms with van der Waals surface area (Å²) >= 11 is 1.93. The highest BCUT2D eigenvalue weighted by Crippen LogP contribution is 2.35. The minimum absolute atomic E-state index is 0.0257. The summed E-state index contributed by atoms with van der Waals surface area (Å²) < 4.78 is 63.4. The Labute approximate surface area is 207 Å². The number of rotatable bonds is 8. The van der Waals surface area contributed by atoms with E-state index in [0.717, 1.165) is 12.1 Å². The number of nitrogens with zero attached hydrogens (tertiary/aromatic N) is 2. The van der Waals surface area contributed by atoms with Crippen LogP contribution in [0.1, 0.15) is 10.4 Å². The zero-order valence-electron chi connectivity index (χ0n) is 17.8. The van der Waals surface area contributed by atoms with Gasteiger partial charge in [0.15, 0.2) is 0 Å². The van der Waals surface area contributed by atoms with Crippen LogP contribution in [-0.4, -0.2) is 42.6 Å². The molecule has 0 spiro atoms. The van der Waals surface area contributed by atoms with Crippen molar-refractivity contribution in [3.8, 4) is 5.75 Å². The number of nitrogens with one attached hydrogen (secondary N) is 2. The molecule has 2 heterocycles. The van der Waals surface area contributed by atoms with Gasteiger partial charge in [-0.05, 0) is 46.9 Å². The molecule has 1 unspecified atom stereocenters. The molecule has 4 N–H and O–H groups in total. The number of primary amides is 1. The maximum atomic E-state index is 14.6. The fraction of sp³-hybridized carbons (Fsp3) is 0.238. The third-order valence-electron chi connectivity index (χ3n) is 5.27. The number of aryl methyl sites for hydroxylation is 1. The number of carbonyl (C=O) groups excluding carboxylic acids is 1. The Morgan fingerprint density at radius 2 is 2.03 bits per heavy atom. The first kappa shape index (κ1) is 24.3. The molecule has 0 radical (unpaired) electrons. The van der Waals surface area contributed by atoms with Gasteiger partial charge in [-0.1, -0.05) is 0 Å². The topological polar surface area (TPSA) is 128 Å². The maximum absolute atomic E-state index is 14.6. The SMILES string of the molecule is Cn1cc(S(=O)(=O)C(Oc2cc(F)cc(Nc3ccc(I)cc3F)c2C(N)=O)C2CNC2)cn1. The van der Waals surface area contributed by atoms with E-state index in [1.54, 1.807) is 13.1 Å². The van der Waals surface area contributed by atoms with E-state index in [4.69, 9.17) is 10.5 Å². The van der Waals surface area contributed by atoms with Crippen LogP contribution in [0.3, 0.4) is 0 Å². The molecule has 0 aliphatic carbocycles. The predicted octanol–water partition coefficient (Wildman–Crippen LogP) is 2.54. The van der Waals surface area contributed by atoms with Crippen LogP contribution in [0.5, 0.6) is 5.75 Å². The Hall–Kier alpha value is -2.78. The second kappa shape index (κ2) is 9.46. The first-order chi connectivity index (χ1) is 16.1. The van der Waals surface area contributed by atoms with E-state index in [9.17, 15) is 22.0 Å². The van der Waals surface area contributed by atoms with Crippen molar-refractivity contribution in [2.24, 2.45) is 18.7 Å². The number of nitrogens with two attached hydrogens (primary N) is 1. The van der Waals surface area contributed by atoms with Crippen LogP contribution in [0, 0.1) is 21.1 Å². The van der Waals surface area contributed by atoms with Gasteiger partial charge in [-0.3, -0.25) is 9.48 Å². The quantitative estimate of drug-likeness (QED) is 0.338. The molecule has 3 aromatic rings. The second-order valence-corrected chi connectivity index (χ2v) is 11.0. The van der Waals surface area contributed by atoms with Crippen LogP contribution < -0.4 is 21.1 Å². The lowest BCUT2D eigenvalue weighted by atomic mass is 10.0. The lowest BCUT2D eigenvalue weighted by Gasteiger charge is -2.34. The summed E-state index contributed by atoms with van der Waals surface area (Å²) in [4.78, 5) is 12.3. The lowest BCUT2D eigenvalue weighted by molar-refractivity contribution is 0.0991. The molecule has 4 rings (SSSR count). The van der Waals surface area contributed by atoms with Crippen LogP contribution in [0.2, 0.25) is 0 Å². The van der Waals surface area contributed by atoms with Gasteiger partial charge in [0.05, 0.1) is 17.6 Å².